The van der Waals surface area contributed by atoms with Gasteiger partial charge in [-0.25, -0.2) is 4.79 Å². The van der Waals surface area contributed by atoms with Gasteiger partial charge in [0.1, 0.15) is 5.60 Å². The average molecular weight is 326 g/mol. The second-order valence-corrected chi connectivity index (χ2v) is 5.71. The van der Waals surface area contributed by atoms with Crippen LogP contribution in [0.1, 0.15) is 32.4 Å². The van der Waals surface area contributed by atoms with Crippen molar-refractivity contribution in [2.45, 2.75) is 38.7 Å². The number of hydrogen-bond acceptors (Lipinski definition) is 3. The van der Waals surface area contributed by atoms with Crippen LogP contribution < -0.4 is 5.32 Å². The van der Waals surface area contributed by atoms with Crippen LogP contribution >= 0.6 is 11.6 Å². The molecular formula is C13H15ClF3NO3. The van der Waals surface area contributed by atoms with Crippen molar-refractivity contribution in [1.82, 2.24) is 0 Å². The van der Waals surface area contributed by atoms with E-state index in [9.17, 15) is 18.0 Å². The molecule has 0 radical (unpaired) electrons. The van der Waals surface area contributed by atoms with Crippen LogP contribution in [0.5, 0.6) is 0 Å². The van der Waals surface area contributed by atoms with Gasteiger partial charge in [0.2, 0.25) is 0 Å². The van der Waals surface area contributed by atoms with E-state index in [2.05, 4.69) is 5.32 Å². The molecule has 0 bridgehead atoms. The molecule has 0 saturated heterocycles. The molecule has 1 atom stereocenters. The summed E-state index contributed by atoms with van der Waals surface area (Å²) in [5, 5.41) is 11.2. The van der Waals surface area contributed by atoms with Gasteiger partial charge in [0, 0.05) is 16.3 Å². The fraction of sp³-hybridized carbons (Fsp3) is 0.462. The van der Waals surface area contributed by atoms with E-state index in [1.807, 2.05) is 0 Å². The SMILES string of the molecule is CC(C)(C)OC(=O)Nc1ccc(C(O)C(F)(F)F)c(Cl)c1. The van der Waals surface area contributed by atoms with Crippen molar-refractivity contribution >= 4 is 23.4 Å². The van der Waals surface area contributed by atoms with E-state index in [4.69, 9.17) is 21.4 Å². The average Bonchev–Trinajstić information content (AvgIpc) is 2.24. The van der Waals surface area contributed by atoms with E-state index in [1.165, 1.54) is 6.07 Å². The summed E-state index contributed by atoms with van der Waals surface area (Å²) in [7, 11) is 0. The van der Waals surface area contributed by atoms with Crippen LogP contribution in [0.2, 0.25) is 5.02 Å². The highest BCUT2D eigenvalue weighted by Gasteiger charge is 2.40. The molecule has 2 N–H and O–H groups in total. The van der Waals surface area contributed by atoms with Gasteiger partial charge in [0.05, 0.1) is 0 Å². The number of alkyl halides is 3. The molecule has 0 fully saturated rings. The number of amides is 1. The summed E-state index contributed by atoms with van der Waals surface area (Å²) >= 11 is 5.69. The van der Waals surface area contributed by atoms with Crippen molar-refractivity contribution in [3.63, 3.8) is 0 Å². The number of benzene rings is 1. The summed E-state index contributed by atoms with van der Waals surface area (Å²) in [6.45, 7) is 5.01. The molecule has 1 aromatic carbocycles. The predicted octanol–water partition coefficient (Wildman–Crippen LogP) is 4.28. The lowest BCUT2D eigenvalue weighted by Gasteiger charge is -2.20. The molecule has 118 valence electrons. The fourth-order valence-electron chi connectivity index (χ4n) is 1.42. The van der Waals surface area contributed by atoms with E-state index < -0.39 is 29.5 Å². The van der Waals surface area contributed by atoms with Gasteiger partial charge >= 0.3 is 12.3 Å². The lowest BCUT2D eigenvalue weighted by Crippen LogP contribution is -2.27. The summed E-state index contributed by atoms with van der Waals surface area (Å²) in [4.78, 5) is 11.5. The van der Waals surface area contributed by atoms with Crippen molar-refractivity contribution in [3.05, 3.63) is 28.8 Å². The molecule has 0 aliphatic rings. The lowest BCUT2D eigenvalue weighted by atomic mass is 10.1. The van der Waals surface area contributed by atoms with Crippen LogP contribution in [-0.4, -0.2) is 23.0 Å². The Morgan fingerprint density at radius 2 is 1.90 bits per heavy atom. The Morgan fingerprint density at radius 3 is 2.33 bits per heavy atom. The second-order valence-electron chi connectivity index (χ2n) is 5.31. The molecule has 1 amide bonds. The Balaban J connectivity index is 2.86. The minimum atomic E-state index is -4.82. The third-order valence-electron chi connectivity index (χ3n) is 2.25. The van der Waals surface area contributed by atoms with Crippen LogP contribution in [0.3, 0.4) is 0 Å². The van der Waals surface area contributed by atoms with E-state index in [0.29, 0.717) is 0 Å². The highest BCUT2D eigenvalue weighted by atomic mass is 35.5. The molecule has 0 aromatic heterocycles. The Labute approximate surface area is 124 Å². The predicted molar refractivity (Wildman–Crippen MR) is 72.3 cm³/mol. The summed E-state index contributed by atoms with van der Waals surface area (Å²) in [6, 6.07) is 3.29. The van der Waals surface area contributed by atoms with Crippen molar-refractivity contribution in [2.24, 2.45) is 0 Å². The van der Waals surface area contributed by atoms with E-state index in [-0.39, 0.29) is 10.7 Å². The first-order valence-electron chi connectivity index (χ1n) is 5.94. The van der Waals surface area contributed by atoms with Crippen molar-refractivity contribution in [1.29, 1.82) is 0 Å². The number of rotatable bonds is 2. The molecule has 8 heteroatoms. The first-order valence-corrected chi connectivity index (χ1v) is 6.32. The number of halogens is 4. The van der Waals surface area contributed by atoms with Gasteiger partial charge in [-0.2, -0.15) is 13.2 Å². The van der Waals surface area contributed by atoms with Crippen molar-refractivity contribution in [2.75, 3.05) is 5.32 Å². The molecule has 1 unspecified atom stereocenters. The van der Waals surface area contributed by atoms with Crippen LogP contribution in [0.4, 0.5) is 23.7 Å². The molecule has 1 rings (SSSR count). The minimum Gasteiger partial charge on any atom is -0.444 e. The molecule has 0 aliphatic carbocycles. The zero-order valence-electron chi connectivity index (χ0n) is 11.6. The van der Waals surface area contributed by atoms with E-state index in [1.54, 1.807) is 20.8 Å². The number of carbonyl (C=O) groups excluding carboxylic acids is 1. The first kappa shape index (κ1) is 17.6. The van der Waals surface area contributed by atoms with Gasteiger partial charge in [0.15, 0.2) is 6.10 Å². The quantitative estimate of drug-likeness (QED) is 0.853. The van der Waals surface area contributed by atoms with Gasteiger partial charge < -0.3 is 9.84 Å². The van der Waals surface area contributed by atoms with Gasteiger partial charge in [0.25, 0.3) is 0 Å². The molecule has 0 heterocycles. The third-order valence-corrected chi connectivity index (χ3v) is 2.58. The number of anilines is 1. The Hall–Kier alpha value is -1.47. The number of nitrogens with one attached hydrogen (secondary N) is 1. The smallest absolute Gasteiger partial charge is 0.418 e. The molecule has 1 aromatic rings. The third kappa shape index (κ3) is 5.43. The summed E-state index contributed by atoms with van der Waals surface area (Å²) in [5.74, 6) is 0. The molecule has 0 spiro atoms. The second kappa shape index (κ2) is 6.11. The highest BCUT2D eigenvalue weighted by molar-refractivity contribution is 6.31. The van der Waals surface area contributed by atoms with E-state index >= 15 is 0 Å². The number of carbonyl (C=O) groups is 1. The number of aliphatic hydroxyl groups is 1. The van der Waals surface area contributed by atoms with Crippen LogP contribution in [0.25, 0.3) is 0 Å². The molecular weight excluding hydrogens is 311 g/mol. The molecule has 0 saturated carbocycles. The van der Waals surface area contributed by atoms with Crippen molar-refractivity contribution in [3.8, 4) is 0 Å². The maximum Gasteiger partial charge on any atom is 0.418 e. The van der Waals surface area contributed by atoms with Crippen LogP contribution in [0, 0.1) is 0 Å². The zero-order chi connectivity index (χ0) is 16.4. The summed E-state index contributed by atoms with van der Waals surface area (Å²) < 4.78 is 42.2. The number of hydrogen-bond donors (Lipinski definition) is 2. The van der Waals surface area contributed by atoms with E-state index in [0.717, 1.165) is 12.1 Å². The molecule has 21 heavy (non-hydrogen) atoms. The van der Waals surface area contributed by atoms with Gasteiger partial charge in [-0.1, -0.05) is 17.7 Å². The van der Waals surface area contributed by atoms with Gasteiger partial charge in [-0.3, -0.25) is 5.32 Å². The van der Waals surface area contributed by atoms with Gasteiger partial charge in [-0.15, -0.1) is 0 Å². The monoisotopic (exact) mass is 325 g/mol. The normalized spacial score (nSPS) is 13.7. The molecule has 4 nitrogen and oxygen atoms in total. The van der Waals surface area contributed by atoms with Crippen LogP contribution in [0.15, 0.2) is 18.2 Å². The number of aliphatic hydroxyl groups excluding tert-OH is 1. The molecule has 0 aliphatic heterocycles. The highest BCUT2D eigenvalue weighted by Crippen LogP contribution is 2.36. The zero-order valence-corrected chi connectivity index (χ0v) is 12.3. The number of ether oxygens (including phenoxy) is 1. The first-order chi connectivity index (χ1) is 9.40. The Bertz CT molecular complexity index is 526. The maximum absolute atomic E-state index is 12.4. The fourth-order valence-corrected chi connectivity index (χ4v) is 1.71. The van der Waals surface area contributed by atoms with Crippen molar-refractivity contribution < 1.29 is 27.8 Å². The summed E-state index contributed by atoms with van der Waals surface area (Å²) in [6.07, 6.45) is -8.26. The largest absolute Gasteiger partial charge is 0.444 e. The van der Waals surface area contributed by atoms with Gasteiger partial charge in [-0.05, 0) is 32.9 Å². The maximum atomic E-state index is 12.4. The Kier molecular flexibility index (Phi) is 5.11. The van der Waals surface area contributed by atoms with Crippen LogP contribution in [-0.2, 0) is 4.74 Å². The lowest BCUT2D eigenvalue weighted by molar-refractivity contribution is -0.206. The standard InChI is InChI=1S/C13H15ClF3NO3/c1-12(2,3)21-11(20)18-7-4-5-8(9(14)6-7)10(19)13(15,16)17/h4-6,10,19H,1-3H3,(H,18,20). The topological polar surface area (TPSA) is 58.6 Å². The minimum absolute atomic E-state index is 0.160. The Morgan fingerprint density at radius 1 is 1.33 bits per heavy atom. The summed E-state index contributed by atoms with van der Waals surface area (Å²) in [5.41, 5.74) is -1.04.